The van der Waals surface area contributed by atoms with Crippen molar-refractivity contribution in [3.05, 3.63) is 59.9 Å². The second kappa shape index (κ2) is 8.27. The molecule has 0 atom stereocenters. The third-order valence-electron chi connectivity index (χ3n) is 3.76. The number of benzene rings is 1. The van der Waals surface area contributed by atoms with Crippen LogP contribution < -0.4 is 5.32 Å². The predicted molar refractivity (Wildman–Crippen MR) is 89.4 cm³/mol. The van der Waals surface area contributed by atoms with Crippen molar-refractivity contribution in [2.24, 2.45) is 7.05 Å². The summed E-state index contributed by atoms with van der Waals surface area (Å²) in [4.78, 5) is 14.4. The molecule has 2 rings (SSSR count). The monoisotopic (exact) mass is 299 g/mol. The first-order chi connectivity index (χ1) is 10.7. The van der Waals surface area contributed by atoms with Crippen molar-refractivity contribution in [2.75, 3.05) is 6.54 Å². The molecule has 0 aliphatic carbocycles. The number of hydrogen-bond donors (Lipinski definition) is 1. The van der Waals surface area contributed by atoms with Gasteiger partial charge in [0.05, 0.1) is 6.54 Å². The van der Waals surface area contributed by atoms with Crippen molar-refractivity contribution in [1.29, 1.82) is 0 Å². The maximum absolute atomic E-state index is 12.5. The van der Waals surface area contributed by atoms with Crippen LogP contribution in [-0.2, 0) is 20.1 Å². The summed E-state index contributed by atoms with van der Waals surface area (Å²) in [5, 5.41) is 3.02. The van der Waals surface area contributed by atoms with Gasteiger partial charge in [0, 0.05) is 32.0 Å². The van der Waals surface area contributed by atoms with E-state index in [1.807, 2.05) is 54.5 Å². The normalized spacial score (nSPS) is 10.5. The third-order valence-corrected chi connectivity index (χ3v) is 3.76. The van der Waals surface area contributed by atoms with Crippen LogP contribution in [0.3, 0.4) is 0 Å². The number of rotatable bonds is 7. The van der Waals surface area contributed by atoms with Gasteiger partial charge in [-0.25, -0.2) is 4.79 Å². The van der Waals surface area contributed by atoms with Gasteiger partial charge in [-0.3, -0.25) is 0 Å². The topological polar surface area (TPSA) is 37.3 Å². The molecule has 1 aromatic carbocycles. The van der Waals surface area contributed by atoms with Crippen molar-refractivity contribution in [1.82, 2.24) is 14.8 Å². The summed E-state index contributed by atoms with van der Waals surface area (Å²) in [7, 11) is 2.01. The summed E-state index contributed by atoms with van der Waals surface area (Å²) in [6.07, 6.45) is 4.11. The van der Waals surface area contributed by atoms with Gasteiger partial charge < -0.3 is 14.8 Å². The Hall–Kier alpha value is -2.23. The molecule has 0 saturated heterocycles. The Labute approximate surface area is 132 Å². The fourth-order valence-electron chi connectivity index (χ4n) is 2.34. The molecule has 0 aliphatic rings. The Morgan fingerprint density at radius 3 is 2.59 bits per heavy atom. The van der Waals surface area contributed by atoms with Crippen LogP contribution in [0.25, 0.3) is 0 Å². The van der Waals surface area contributed by atoms with Gasteiger partial charge in [0.2, 0.25) is 0 Å². The zero-order valence-electron chi connectivity index (χ0n) is 13.5. The van der Waals surface area contributed by atoms with E-state index in [4.69, 9.17) is 0 Å². The standard InChI is InChI=1S/C18H25N3O/c1-3-4-13-21(15-17-11-8-12-20(17)2)18(22)19-14-16-9-6-5-7-10-16/h5-12H,3-4,13-15H2,1-2H3,(H,19,22). The van der Waals surface area contributed by atoms with Crippen LogP contribution in [0.15, 0.2) is 48.7 Å². The van der Waals surface area contributed by atoms with Gasteiger partial charge in [-0.2, -0.15) is 0 Å². The summed E-state index contributed by atoms with van der Waals surface area (Å²) in [5.74, 6) is 0. The first-order valence-corrected chi connectivity index (χ1v) is 7.87. The van der Waals surface area contributed by atoms with E-state index in [1.165, 1.54) is 0 Å². The zero-order chi connectivity index (χ0) is 15.8. The molecular weight excluding hydrogens is 274 g/mol. The second-order valence-corrected chi connectivity index (χ2v) is 5.53. The molecule has 0 fully saturated rings. The third kappa shape index (κ3) is 4.65. The number of aromatic nitrogens is 1. The molecular formula is C18H25N3O. The summed E-state index contributed by atoms with van der Waals surface area (Å²) in [6, 6.07) is 14.1. The number of carbonyl (C=O) groups is 1. The average molecular weight is 299 g/mol. The van der Waals surface area contributed by atoms with E-state index in [2.05, 4.69) is 22.9 Å². The molecule has 2 amide bonds. The van der Waals surface area contributed by atoms with Crippen LogP contribution in [0.2, 0.25) is 0 Å². The van der Waals surface area contributed by atoms with Crippen LogP contribution in [0.5, 0.6) is 0 Å². The lowest BCUT2D eigenvalue weighted by atomic mass is 10.2. The van der Waals surface area contributed by atoms with Crippen molar-refractivity contribution in [3.8, 4) is 0 Å². The fraction of sp³-hybridized carbons (Fsp3) is 0.389. The van der Waals surface area contributed by atoms with Crippen molar-refractivity contribution in [2.45, 2.75) is 32.9 Å². The highest BCUT2D eigenvalue weighted by molar-refractivity contribution is 5.74. The molecule has 0 unspecified atom stereocenters. The predicted octanol–water partition coefficient (Wildman–Crippen LogP) is 3.54. The van der Waals surface area contributed by atoms with Crippen molar-refractivity contribution >= 4 is 6.03 Å². The lowest BCUT2D eigenvalue weighted by Crippen LogP contribution is -2.40. The molecule has 0 aliphatic heterocycles. The Morgan fingerprint density at radius 1 is 1.18 bits per heavy atom. The lowest BCUT2D eigenvalue weighted by Gasteiger charge is -2.23. The van der Waals surface area contributed by atoms with Gasteiger partial charge in [0.25, 0.3) is 0 Å². The summed E-state index contributed by atoms with van der Waals surface area (Å²) in [6.45, 7) is 4.13. The van der Waals surface area contributed by atoms with Gasteiger partial charge in [-0.15, -0.1) is 0 Å². The van der Waals surface area contributed by atoms with Crippen LogP contribution in [0, 0.1) is 0 Å². The number of urea groups is 1. The van der Waals surface area contributed by atoms with E-state index < -0.39 is 0 Å². The number of hydrogen-bond acceptors (Lipinski definition) is 1. The average Bonchev–Trinajstić information content (AvgIpc) is 2.95. The zero-order valence-corrected chi connectivity index (χ0v) is 13.5. The van der Waals surface area contributed by atoms with Gasteiger partial charge in [0.15, 0.2) is 0 Å². The number of nitrogens with one attached hydrogen (secondary N) is 1. The molecule has 4 heteroatoms. The summed E-state index contributed by atoms with van der Waals surface area (Å²) >= 11 is 0. The van der Waals surface area contributed by atoms with E-state index in [0.29, 0.717) is 13.1 Å². The SMILES string of the molecule is CCCCN(Cc1cccn1C)C(=O)NCc1ccccc1. The minimum Gasteiger partial charge on any atom is -0.353 e. The molecule has 118 valence electrons. The van der Waals surface area contributed by atoms with Gasteiger partial charge in [-0.05, 0) is 24.1 Å². The van der Waals surface area contributed by atoms with E-state index in [1.54, 1.807) is 0 Å². The van der Waals surface area contributed by atoms with Crippen LogP contribution in [0.4, 0.5) is 4.79 Å². The van der Waals surface area contributed by atoms with Crippen molar-refractivity contribution in [3.63, 3.8) is 0 Å². The molecule has 0 spiro atoms. The van der Waals surface area contributed by atoms with Gasteiger partial charge in [0.1, 0.15) is 0 Å². The second-order valence-electron chi connectivity index (χ2n) is 5.53. The molecule has 2 aromatic rings. The number of carbonyl (C=O) groups excluding carboxylic acids is 1. The van der Waals surface area contributed by atoms with Gasteiger partial charge >= 0.3 is 6.03 Å². The van der Waals surface area contributed by atoms with Crippen LogP contribution >= 0.6 is 0 Å². The molecule has 4 nitrogen and oxygen atoms in total. The van der Waals surface area contributed by atoms with E-state index >= 15 is 0 Å². The largest absolute Gasteiger partial charge is 0.353 e. The molecule has 22 heavy (non-hydrogen) atoms. The Bertz CT molecular complexity index is 577. The molecule has 1 heterocycles. The van der Waals surface area contributed by atoms with Crippen LogP contribution in [-0.4, -0.2) is 22.0 Å². The summed E-state index contributed by atoms with van der Waals surface area (Å²) in [5.41, 5.74) is 2.26. The van der Waals surface area contributed by atoms with Crippen molar-refractivity contribution < 1.29 is 4.79 Å². The molecule has 0 saturated carbocycles. The number of aryl methyl sites for hydroxylation is 1. The van der Waals surface area contributed by atoms with Crippen LogP contribution in [0.1, 0.15) is 31.0 Å². The minimum absolute atomic E-state index is 0.00139. The quantitative estimate of drug-likeness (QED) is 0.834. The van der Waals surface area contributed by atoms with E-state index in [-0.39, 0.29) is 6.03 Å². The van der Waals surface area contributed by atoms with E-state index in [0.717, 1.165) is 30.6 Å². The fourth-order valence-corrected chi connectivity index (χ4v) is 2.34. The Morgan fingerprint density at radius 2 is 1.95 bits per heavy atom. The highest BCUT2D eigenvalue weighted by Crippen LogP contribution is 2.07. The highest BCUT2D eigenvalue weighted by atomic mass is 16.2. The molecule has 1 N–H and O–H groups in total. The molecule has 0 bridgehead atoms. The Kier molecular flexibility index (Phi) is 6.07. The smallest absolute Gasteiger partial charge is 0.318 e. The maximum Gasteiger partial charge on any atom is 0.318 e. The first-order valence-electron chi connectivity index (χ1n) is 7.87. The molecule has 0 radical (unpaired) electrons. The summed E-state index contributed by atoms with van der Waals surface area (Å²) < 4.78 is 2.06. The number of amides is 2. The minimum atomic E-state index is -0.00139. The molecule has 1 aromatic heterocycles. The lowest BCUT2D eigenvalue weighted by molar-refractivity contribution is 0.192. The van der Waals surface area contributed by atoms with E-state index in [9.17, 15) is 4.79 Å². The maximum atomic E-state index is 12.5. The Balaban J connectivity index is 1.95. The highest BCUT2D eigenvalue weighted by Gasteiger charge is 2.14. The first kappa shape index (κ1) is 16.1. The number of nitrogens with zero attached hydrogens (tertiary/aromatic N) is 2. The van der Waals surface area contributed by atoms with Gasteiger partial charge in [-0.1, -0.05) is 43.7 Å². The number of unbranched alkanes of at least 4 members (excludes halogenated alkanes) is 1.